The molecule has 0 saturated carbocycles. The van der Waals surface area contributed by atoms with Crippen molar-refractivity contribution in [2.45, 2.75) is 20.8 Å². The van der Waals surface area contributed by atoms with Gasteiger partial charge in [0.05, 0.1) is 6.61 Å². The third-order valence-electron chi connectivity index (χ3n) is 2.68. The Morgan fingerprint density at radius 1 is 1.22 bits per heavy atom. The molecule has 0 aliphatic heterocycles. The van der Waals surface area contributed by atoms with E-state index in [-0.39, 0.29) is 5.78 Å². The van der Waals surface area contributed by atoms with E-state index in [9.17, 15) is 9.59 Å². The van der Waals surface area contributed by atoms with Crippen molar-refractivity contribution in [1.29, 1.82) is 0 Å². The molecule has 1 N–H and O–H groups in total. The van der Waals surface area contributed by atoms with Gasteiger partial charge in [-0.05, 0) is 50.1 Å². The number of ketones is 1. The first-order valence-electron chi connectivity index (χ1n) is 5.65. The molecular weight excluding hydrogens is 232 g/mol. The van der Waals surface area contributed by atoms with Crippen molar-refractivity contribution >= 4 is 11.8 Å². The molecule has 0 bridgehead atoms. The van der Waals surface area contributed by atoms with Gasteiger partial charge in [0.25, 0.3) is 0 Å². The number of aliphatic carboxylic acids is 1. The van der Waals surface area contributed by atoms with E-state index >= 15 is 0 Å². The number of benzene rings is 1. The van der Waals surface area contributed by atoms with E-state index in [1.165, 1.54) is 0 Å². The van der Waals surface area contributed by atoms with Gasteiger partial charge in [-0.25, -0.2) is 4.79 Å². The minimum atomic E-state index is -1.14. The van der Waals surface area contributed by atoms with E-state index in [0.29, 0.717) is 12.2 Å². The van der Waals surface area contributed by atoms with Gasteiger partial charge in [0.1, 0.15) is 5.75 Å². The lowest BCUT2D eigenvalue weighted by atomic mass is 9.99. The van der Waals surface area contributed by atoms with E-state index in [4.69, 9.17) is 9.84 Å². The fraction of sp³-hybridized carbons (Fsp3) is 0.286. The summed E-state index contributed by atoms with van der Waals surface area (Å²) < 4.78 is 5.43. The van der Waals surface area contributed by atoms with Crippen molar-refractivity contribution in [3.8, 4) is 5.75 Å². The number of hydrogen-bond donors (Lipinski definition) is 1. The summed E-state index contributed by atoms with van der Waals surface area (Å²) in [6.07, 6.45) is 1.90. The van der Waals surface area contributed by atoms with Gasteiger partial charge in [0, 0.05) is 11.6 Å². The Labute approximate surface area is 106 Å². The Hall–Kier alpha value is -2.10. The number of ether oxygens (including phenoxy) is 1. The maximum atomic E-state index is 11.8. The molecule has 1 aromatic carbocycles. The van der Waals surface area contributed by atoms with Crippen LogP contribution in [0.15, 0.2) is 24.3 Å². The van der Waals surface area contributed by atoms with Crippen molar-refractivity contribution in [2.24, 2.45) is 0 Å². The van der Waals surface area contributed by atoms with Gasteiger partial charge < -0.3 is 9.84 Å². The summed E-state index contributed by atoms with van der Waals surface area (Å²) in [6, 6.07) is 3.38. The minimum Gasteiger partial charge on any atom is -0.494 e. The predicted octanol–water partition coefficient (Wildman–Crippen LogP) is 2.53. The number of rotatable bonds is 5. The summed E-state index contributed by atoms with van der Waals surface area (Å²) >= 11 is 0. The number of carboxylic acids is 1. The van der Waals surface area contributed by atoms with Crippen LogP contribution in [0.3, 0.4) is 0 Å². The molecule has 1 aromatic rings. The summed E-state index contributed by atoms with van der Waals surface area (Å²) in [5.41, 5.74) is 2.20. The zero-order valence-corrected chi connectivity index (χ0v) is 10.7. The lowest BCUT2D eigenvalue weighted by molar-refractivity contribution is -0.131. The van der Waals surface area contributed by atoms with Gasteiger partial charge in [0.15, 0.2) is 5.78 Å². The third kappa shape index (κ3) is 3.20. The van der Waals surface area contributed by atoms with Crippen LogP contribution in [0.1, 0.15) is 28.4 Å². The SMILES string of the molecule is CCOc1ccc(C(=O)/C=C/C(=O)O)c(C)c1C. The third-order valence-corrected chi connectivity index (χ3v) is 2.68. The second kappa shape index (κ2) is 6.00. The summed E-state index contributed by atoms with van der Waals surface area (Å²) in [7, 11) is 0. The second-order valence-corrected chi connectivity index (χ2v) is 3.83. The van der Waals surface area contributed by atoms with Crippen LogP contribution in [0, 0.1) is 13.8 Å². The molecule has 0 unspecified atom stereocenters. The molecule has 0 fully saturated rings. The molecule has 0 heterocycles. The summed E-state index contributed by atoms with van der Waals surface area (Å²) in [5.74, 6) is -0.710. The molecule has 0 aromatic heterocycles. The van der Waals surface area contributed by atoms with E-state index in [1.807, 2.05) is 20.8 Å². The van der Waals surface area contributed by atoms with Gasteiger partial charge in [-0.2, -0.15) is 0 Å². The first-order valence-corrected chi connectivity index (χ1v) is 5.65. The van der Waals surface area contributed by atoms with Crippen molar-refractivity contribution < 1.29 is 19.4 Å². The predicted molar refractivity (Wildman–Crippen MR) is 68.2 cm³/mol. The van der Waals surface area contributed by atoms with E-state index in [2.05, 4.69) is 0 Å². The number of hydrogen-bond acceptors (Lipinski definition) is 3. The summed E-state index contributed by atoms with van der Waals surface area (Å²) in [5, 5.41) is 8.49. The number of carbonyl (C=O) groups is 2. The van der Waals surface area contributed by atoms with Crippen molar-refractivity contribution in [1.82, 2.24) is 0 Å². The zero-order valence-electron chi connectivity index (χ0n) is 10.7. The maximum Gasteiger partial charge on any atom is 0.328 e. The Balaban J connectivity index is 3.08. The highest BCUT2D eigenvalue weighted by Crippen LogP contribution is 2.24. The molecule has 0 aliphatic carbocycles. The van der Waals surface area contributed by atoms with Crippen LogP contribution in [0.4, 0.5) is 0 Å². The lowest BCUT2D eigenvalue weighted by Gasteiger charge is -2.11. The Morgan fingerprint density at radius 3 is 2.44 bits per heavy atom. The molecule has 0 aliphatic rings. The van der Waals surface area contributed by atoms with Gasteiger partial charge in [-0.1, -0.05) is 0 Å². The van der Waals surface area contributed by atoms with Crippen LogP contribution in [0.25, 0.3) is 0 Å². The van der Waals surface area contributed by atoms with Crippen LogP contribution in [-0.4, -0.2) is 23.5 Å². The molecule has 18 heavy (non-hydrogen) atoms. The number of allylic oxidation sites excluding steroid dienone is 1. The standard InChI is InChI=1S/C14H16O4/c1-4-18-13-7-5-11(9(2)10(13)3)12(15)6-8-14(16)17/h5-8H,4H2,1-3H3,(H,16,17)/b8-6+. The highest BCUT2D eigenvalue weighted by molar-refractivity contribution is 6.08. The molecule has 0 atom stereocenters. The first-order chi connectivity index (χ1) is 8.47. The molecule has 4 nitrogen and oxygen atoms in total. The summed E-state index contributed by atoms with van der Waals surface area (Å²) in [4.78, 5) is 22.2. The zero-order chi connectivity index (χ0) is 13.7. The Kier molecular flexibility index (Phi) is 4.66. The van der Waals surface area contributed by atoms with Crippen molar-refractivity contribution in [3.63, 3.8) is 0 Å². The lowest BCUT2D eigenvalue weighted by Crippen LogP contribution is -2.03. The molecule has 0 saturated heterocycles. The van der Waals surface area contributed by atoms with Gasteiger partial charge in [-0.15, -0.1) is 0 Å². The van der Waals surface area contributed by atoms with Crippen molar-refractivity contribution in [3.05, 3.63) is 41.0 Å². The molecule has 96 valence electrons. The fourth-order valence-corrected chi connectivity index (χ4v) is 1.61. The number of carbonyl (C=O) groups excluding carboxylic acids is 1. The molecule has 4 heteroatoms. The van der Waals surface area contributed by atoms with Crippen LogP contribution in [0.2, 0.25) is 0 Å². The molecule has 0 radical (unpaired) electrons. The largest absolute Gasteiger partial charge is 0.494 e. The van der Waals surface area contributed by atoms with E-state index in [1.54, 1.807) is 12.1 Å². The van der Waals surface area contributed by atoms with Gasteiger partial charge >= 0.3 is 5.97 Å². The quantitative estimate of drug-likeness (QED) is 0.642. The molecule has 0 amide bonds. The van der Waals surface area contributed by atoms with Crippen LogP contribution >= 0.6 is 0 Å². The smallest absolute Gasteiger partial charge is 0.328 e. The average molecular weight is 248 g/mol. The highest BCUT2D eigenvalue weighted by atomic mass is 16.5. The normalized spacial score (nSPS) is 10.6. The first kappa shape index (κ1) is 14.0. The van der Waals surface area contributed by atoms with Gasteiger partial charge in [0.2, 0.25) is 0 Å². The number of carboxylic acid groups (broad SMARTS) is 1. The molecular formula is C14H16O4. The van der Waals surface area contributed by atoms with Crippen molar-refractivity contribution in [2.75, 3.05) is 6.61 Å². The second-order valence-electron chi connectivity index (χ2n) is 3.83. The maximum absolute atomic E-state index is 11.8. The molecule has 1 rings (SSSR count). The van der Waals surface area contributed by atoms with Gasteiger partial charge in [-0.3, -0.25) is 4.79 Å². The monoisotopic (exact) mass is 248 g/mol. The van der Waals surface area contributed by atoms with E-state index in [0.717, 1.165) is 29.0 Å². The van der Waals surface area contributed by atoms with E-state index < -0.39 is 5.97 Å². The Bertz CT molecular complexity index is 501. The summed E-state index contributed by atoms with van der Waals surface area (Å²) in [6.45, 7) is 6.15. The fourth-order valence-electron chi connectivity index (χ4n) is 1.61. The Morgan fingerprint density at radius 2 is 1.89 bits per heavy atom. The van der Waals surface area contributed by atoms with Crippen LogP contribution in [-0.2, 0) is 4.79 Å². The van der Waals surface area contributed by atoms with Crippen LogP contribution < -0.4 is 4.74 Å². The highest BCUT2D eigenvalue weighted by Gasteiger charge is 2.11. The molecule has 0 spiro atoms. The topological polar surface area (TPSA) is 63.6 Å². The van der Waals surface area contributed by atoms with Crippen LogP contribution in [0.5, 0.6) is 5.75 Å². The minimum absolute atomic E-state index is 0.318. The average Bonchev–Trinajstić information content (AvgIpc) is 2.32.